The largest absolute Gasteiger partial charge is 0.341 e. The summed E-state index contributed by atoms with van der Waals surface area (Å²) in [4.78, 5) is 16.1. The van der Waals surface area contributed by atoms with Crippen molar-refractivity contribution in [1.82, 2.24) is 9.80 Å². The van der Waals surface area contributed by atoms with Crippen molar-refractivity contribution < 1.29 is 4.79 Å². The first-order valence-electron chi connectivity index (χ1n) is 6.45. The van der Waals surface area contributed by atoms with Gasteiger partial charge in [-0.2, -0.15) is 0 Å². The van der Waals surface area contributed by atoms with Gasteiger partial charge in [0.25, 0.3) is 0 Å². The summed E-state index contributed by atoms with van der Waals surface area (Å²) in [6, 6.07) is 0. The molecule has 0 atom stereocenters. The lowest BCUT2D eigenvalue weighted by atomic mass is 10.1. The molecule has 0 heterocycles. The van der Waals surface area contributed by atoms with E-state index in [0.717, 1.165) is 32.5 Å². The fraction of sp³-hybridized carbons (Fsp3) is 0.923. The van der Waals surface area contributed by atoms with Crippen molar-refractivity contribution in [3.8, 4) is 0 Å². The lowest BCUT2D eigenvalue weighted by Crippen LogP contribution is -2.38. The molecule has 0 aromatic rings. The van der Waals surface area contributed by atoms with E-state index in [-0.39, 0.29) is 5.91 Å². The number of amides is 1. The Bertz CT molecular complexity index is 208. The molecule has 17 heavy (non-hydrogen) atoms. The molecule has 0 rings (SSSR count). The Kier molecular flexibility index (Phi) is 9.56. The molecule has 0 radical (unpaired) electrons. The number of likely N-dealkylation sites (N-methyl/N-ethyl adjacent to an activating group) is 1. The summed E-state index contributed by atoms with van der Waals surface area (Å²) >= 11 is 5.62. The lowest BCUT2D eigenvalue weighted by Gasteiger charge is -2.26. The highest BCUT2D eigenvalue weighted by molar-refractivity contribution is 6.17. The first kappa shape index (κ1) is 16.7. The van der Waals surface area contributed by atoms with Crippen molar-refractivity contribution in [3.05, 3.63) is 0 Å². The SMILES string of the molecule is CC(C)CN(CCN(C)C)C(=O)CCCCCl. The highest BCUT2D eigenvalue weighted by atomic mass is 35.5. The number of halogens is 1. The predicted octanol–water partition coefficient (Wildman–Crippen LogP) is 2.44. The van der Waals surface area contributed by atoms with Crippen molar-refractivity contribution in [2.75, 3.05) is 39.6 Å². The predicted molar refractivity (Wildman–Crippen MR) is 74.5 cm³/mol. The summed E-state index contributed by atoms with van der Waals surface area (Å²) in [5.41, 5.74) is 0. The monoisotopic (exact) mass is 262 g/mol. The Balaban J connectivity index is 4.10. The number of carbonyl (C=O) groups excluding carboxylic acids is 1. The zero-order valence-electron chi connectivity index (χ0n) is 11.7. The molecule has 0 spiro atoms. The van der Waals surface area contributed by atoms with Crippen molar-refractivity contribution in [3.63, 3.8) is 0 Å². The van der Waals surface area contributed by atoms with Gasteiger partial charge in [0.1, 0.15) is 0 Å². The van der Waals surface area contributed by atoms with Gasteiger partial charge in [0, 0.05) is 31.9 Å². The van der Waals surface area contributed by atoms with Crippen LogP contribution >= 0.6 is 11.6 Å². The minimum atomic E-state index is 0.269. The van der Waals surface area contributed by atoms with E-state index in [1.54, 1.807) is 0 Å². The second-order valence-electron chi connectivity index (χ2n) is 5.18. The summed E-state index contributed by atoms with van der Waals surface area (Å²) in [5.74, 6) is 1.44. The second-order valence-corrected chi connectivity index (χ2v) is 5.56. The summed E-state index contributed by atoms with van der Waals surface area (Å²) < 4.78 is 0. The van der Waals surface area contributed by atoms with Crippen LogP contribution in [0.25, 0.3) is 0 Å². The Morgan fingerprint density at radius 1 is 1.18 bits per heavy atom. The highest BCUT2D eigenvalue weighted by Gasteiger charge is 2.14. The van der Waals surface area contributed by atoms with Gasteiger partial charge in [-0.1, -0.05) is 13.8 Å². The van der Waals surface area contributed by atoms with Gasteiger partial charge in [-0.3, -0.25) is 4.79 Å². The van der Waals surface area contributed by atoms with E-state index < -0.39 is 0 Å². The number of hydrogen-bond acceptors (Lipinski definition) is 2. The standard InChI is InChI=1S/C13H27ClN2O/c1-12(2)11-16(10-9-15(3)4)13(17)7-5-6-8-14/h12H,5-11H2,1-4H3. The van der Waals surface area contributed by atoms with Crippen LogP contribution in [0.4, 0.5) is 0 Å². The van der Waals surface area contributed by atoms with Gasteiger partial charge in [-0.05, 0) is 32.9 Å². The Morgan fingerprint density at radius 3 is 2.29 bits per heavy atom. The van der Waals surface area contributed by atoms with Crippen LogP contribution in [-0.2, 0) is 4.79 Å². The van der Waals surface area contributed by atoms with E-state index in [0.29, 0.717) is 18.2 Å². The molecule has 0 aliphatic rings. The van der Waals surface area contributed by atoms with Gasteiger partial charge in [-0.15, -0.1) is 11.6 Å². The van der Waals surface area contributed by atoms with Gasteiger partial charge < -0.3 is 9.80 Å². The van der Waals surface area contributed by atoms with Gasteiger partial charge in [0.15, 0.2) is 0 Å². The number of alkyl halides is 1. The van der Waals surface area contributed by atoms with Crippen LogP contribution in [0.3, 0.4) is 0 Å². The number of hydrogen-bond donors (Lipinski definition) is 0. The summed E-state index contributed by atoms with van der Waals surface area (Å²) in [6.07, 6.45) is 2.46. The first-order chi connectivity index (χ1) is 7.97. The second kappa shape index (κ2) is 9.72. The van der Waals surface area contributed by atoms with Crippen LogP contribution in [0.15, 0.2) is 0 Å². The van der Waals surface area contributed by atoms with Gasteiger partial charge in [0.05, 0.1) is 0 Å². The maximum Gasteiger partial charge on any atom is 0.222 e. The van der Waals surface area contributed by atoms with Crippen LogP contribution in [0.1, 0.15) is 33.1 Å². The molecule has 0 unspecified atom stereocenters. The maximum absolute atomic E-state index is 12.0. The van der Waals surface area contributed by atoms with Gasteiger partial charge in [0.2, 0.25) is 5.91 Å². The molecule has 0 bridgehead atoms. The van der Waals surface area contributed by atoms with Crippen molar-refractivity contribution in [1.29, 1.82) is 0 Å². The smallest absolute Gasteiger partial charge is 0.222 e. The Labute approximate surface area is 111 Å². The highest BCUT2D eigenvalue weighted by Crippen LogP contribution is 2.05. The molecule has 0 N–H and O–H groups in total. The molecule has 1 amide bonds. The Hall–Kier alpha value is -0.280. The van der Waals surface area contributed by atoms with Crippen molar-refractivity contribution in [2.24, 2.45) is 5.92 Å². The fourth-order valence-corrected chi connectivity index (χ4v) is 1.80. The van der Waals surface area contributed by atoms with E-state index >= 15 is 0 Å². The molecule has 102 valence electrons. The fourth-order valence-electron chi connectivity index (χ4n) is 1.61. The third-order valence-electron chi connectivity index (χ3n) is 2.53. The molecule has 0 saturated heterocycles. The van der Waals surface area contributed by atoms with Crippen molar-refractivity contribution >= 4 is 17.5 Å². The number of carbonyl (C=O) groups is 1. The topological polar surface area (TPSA) is 23.6 Å². The van der Waals surface area contributed by atoms with Gasteiger partial charge in [-0.25, -0.2) is 0 Å². The van der Waals surface area contributed by atoms with E-state index in [2.05, 4.69) is 18.7 Å². The van der Waals surface area contributed by atoms with E-state index in [4.69, 9.17) is 11.6 Å². The maximum atomic E-state index is 12.0. The number of unbranched alkanes of at least 4 members (excludes halogenated alkanes) is 1. The average molecular weight is 263 g/mol. The third-order valence-corrected chi connectivity index (χ3v) is 2.80. The third kappa shape index (κ3) is 9.42. The molecule has 0 fully saturated rings. The Morgan fingerprint density at radius 2 is 1.82 bits per heavy atom. The summed E-state index contributed by atoms with van der Waals surface area (Å²) in [5, 5.41) is 0. The van der Waals surface area contributed by atoms with Crippen LogP contribution in [-0.4, -0.2) is 55.3 Å². The van der Waals surface area contributed by atoms with Gasteiger partial charge >= 0.3 is 0 Å². The van der Waals surface area contributed by atoms with Crippen LogP contribution in [0.2, 0.25) is 0 Å². The van der Waals surface area contributed by atoms with Crippen molar-refractivity contribution in [2.45, 2.75) is 33.1 Å². The van der Waals surface area contributed by atoms with Crippen LogP contribution < -0.4 is 0 Å². The molecule has 0 saturated carbocycles. The quantitative estimate of drug-likeness (QED) is 0.471. The lowest BCUT2D eigenvalue weighted by molar-refractivity contribution is -0.132. The van der Waals surface area contributed by atoms with E-state index in [1.807, 2.05) is 19.0 Å². The number of nitrogens with zero attached hydrogens (tertiary/aromatic N) is 2. The van der Waals surface area contributed by atoms with Crippen LogP contribution in [0, 0.1) is 5.92 Å². The number of rotatable bonds is 9. The van der Waals surface area contributed by atoms with E-state index in [1.165, 1.54) is 0 Å². The average Bonchev–Trinajstić information content (AvgIpc) is 2.23. The molecule has 0 aliphatic carbocycles. The zero-order valence-corrected chi connectivity index (χ0v) is 12.5. The molecule has 0 aromatic heterocycles. The molecule has 0 aliphatic heterocycles. The molecular weight excluding hydrogens is 236 g/mol. The molecule has 4 heteroatoms. The normalized spacial score (nSPS) is 11.2. The van der Waals surface area contributed by atoms with E-state index in [9.17, 15) is 4.79 Å². The zero-order chi connectivity index (χ0) is 13.3. The summed E-state index contributed by atoms with van der Waals surface area (Å²) in [6.45, 7) is 6.90. The summed E-state index contributed by atoms with van der Waals surface area (Å²) in [7, 11) is 4.07. The minimum absolute atomic E-state index is 0.269. The first-order valence-corrected chi connectivity index (χ1v) is 6.99. The molecule has 0 aromatic carbocycles. The molecule has 3 nitrogen and oxygen atoms in total. The molecular formula is C13H27ClN2O. The van der Waals surface area contributed by atoms with Crippen LogP contribution in [0.5, 0.6) is 0 Å². The minimum Gasteiger partial charge on any atom is -0.341 e.